The van der Waals surface area contributed by atoms with E-state index in [-0.39, 0.29) is 10.6 Å². The molecule has 0 aliphatic heterocycles. The fourth-order valence-corrected chi connectivity index (χ4v) is 1.19. The highest BCUT2D eigenvalue weighted by molar-refractivity contribution is 5.58. The van der Waals surface area contributed by atoms with Crippen molar-refractivity contribution in [3.8, 4) is 0 Å². The Hall–Kier alpha value is -1.64. The molecule has 0 saturated heterocycles. The highest BCUT2D eigenvalue weighted by Gasteiger charge is 2.11. The summed E-state index contributed by atoms with van der Waals surface area (Å²) < 4.78 is 0. The summed E-state index contributed by atoms with van der Waals surface area (Å²) in [5, 5.41) is 10.7. The van der Waals surface area contributed by atoms with Crippen molar-refractivity contribution in [1.29, 1.82) is 0 Å². The second-order valence-corrected chi connectivity index (χ2v) is 3.00. The molecule has 0 bridgehead atoms. The van der Waals surface area contributed by atoms with Crippen molar-refractivity contribution in [2.24, 2.45) is 0 Å². The van der Waals surface area contributed by atoms with Crippen LogP contribution in [-0.4, -0.2) is 4.92 Å². The van der Waals surface area contributed by atoms with Crippen LogP contribution in [0, 0.1) is 10.1 Å². The predicted octanol–water partition coefficient (Wildman–Crippen LogP) is 3.10. The van der Waals surface area contributed by atoms with Crippen molar-refractivity contribution in [2.75, 3.05) is 0 Å². The van der Waals surface area contributed by atoms with E-state index < -0.39 is 0 Å². The van der Waals surface area contributed by atoms with Gasteiger partial charge in [0.15, 0.2) is 0 Å². The van der Waals surface area contributed by atoms with Crippen molar-refractivity contribution in [3.05, 3.63) is 52.1 Å². The van der Waals surface area contributed by atoms with E-state index in [0.29, 0.717) is 5.56 Å². The smallest absolute Gasteiger partial charge is 0.258 e. The minimum atomic E-state index is -0.328. The Labute approximate surface area is 83.2 Å². The highest BCUT2D eigenvalue weighted by atomic mass is 16.6. The lowest BCUT2D eigenvalue weighted by atomic mass is 10.1. The number of allylic oxidation sites excluding steroid dienone is 1. The molecule has 0 aromatic heterocycles. The van der Waals surface area contributed by atoms with Crippen molar-refractivity contribution in [3.63, 3.8) is 0 Å². The first kappa shape index (κ1) is 10.4. The Bertz CT molecular complexity index is 330. The standard InChI is InChI=1S/C11H13NO2/c1-2-3-9-11(12(13)14)10-7-5-4-6-8-10/h4-9H,2-3H2,1H3/b11-9+. The van der Waals surface area contributed by atoms with Gasteiger partial charge in [0.2, 0.25) is 0 Å². The molecule has 0 amide bonds. The number of unbranched alkanes of at least 4 members (excludes halogenated alkanes) is 1. The van der Waals surface area contributed by atoms with Gasteiger partial charge in [-0.25, -0.2) is 0 Å². The number of nitro groups is 1. The zero-order valence-electron chi connectivity index (χ0n) is 8.14. The average Bonchev–Trinajstić information content (AvgIpc) is 2.19. The molecule has 0 saturated carbocycles. The van der Waals surface area contributed by atoms with Gasteiger partial charge in [0, 0.05) is 0 Å². The van der Waals surface area contributed by atoms with Crippen LogP contribution >= 0.6 is 0 Å². The molecule has 0 radical (unpaired) electrons. The molecule has 0 fully saturated rings. The Balaban J connectivity index is 2.95. The fourth-order valence-electron chi connectivity index (χ4n) is 1.19. The molecule has 0 unspecified atom stereocenters. The van der Waals surface area contributed by atoms with Gasteiger partial charge in [0.05, 0.1) is 10.5 Å². The van der Waals surface area contributed by atoms with E-state index in [0.717, 1.165) is 12.8 Å². The summed E-state index contributed by atoms with van der Waals surface area (Å²) in [4.78, 5) is 10.4. The minimum absolute atomic E-state index is 0.201. The van der Waals surface area contributed by atoms with E-state index in [1.54, 1.807) is 30.3 Å². The zero-order valence-corrected chi connectivity index (χ0v) is 8.14. The summed E-state index contributed by atoms with van der Waals surface area (Å²) in [6.45, 7) is 2.00. The molecule has 14 heavy (non-hydrogen) atoms. The topological polar surface area (TPSA) is 43.1 Å². The molecule has 1 aromatic rings. The first-order valence-electron chi connectivity index (χ1n) is 4.65. The maximum absolute atomic E-state index is 10.7. The predicted molar refractivity (Wildman–Crippen MR) is 56.3 cm³/mol. The lowest BCUT2D eigenvalue weighted by Gasteiger charge is -1.97. The second kappa shape index (κ2) is 5.17. The van der Waals surface area contributed by atoms with Gasteiger partial charge in [-0.3, -0.25) is 10.1 Å². The monoisotopic (exact) mass is 191 g/mol. The Morgan fingerprint density at radius 1 is 1.43 bits per heavy atom. The van der Waals surface area contributed by atoms with Gasteiger partial charge in [-0.15, -0.1) is 0 Å². The average molecular weight is 191 g/mol. The fraction of sp³-hybridized carbons (Fsp3) is 0.273. The van der Waals surface area contributed by atoms with Crippen LogP contribution in [-0.2, 0) is 0 Å². The van der Waals surface area contributed by atoms with Crippen LogP contribution < -0.4 is 0 Å². The molecule has 1 aromatic carbocycles. The molecular weight excluding hydrogens is 178 g/mol. The molecule has 0 aliphatic rings. The first-order valence-corrected chi connectivity index (χ1v) is 4.65. The molecule has 0 spiro atoms. The Morgan fingerprint density at radius 3 is 2.57 bits per heavy atom. The van der Waals surface area contributed by atoms with E-state index in [2.05, 4.69) is 0 Å². The third-order valence-electron chi connectivity index (χ3n) is 1.89. The third kappa shape index (κ3) is 2.69. The molecule has 3 nitrogen and oxygen atoms in total. The molecule has 0 N–H and O–H groups in total. The Morgan fingerprint density at radius 2 is 2.07 bits per heavy atom. The van der Waals surface area contributed by atoms with Crippen LogP contribution in [0.5, 0.6) is 0 Å². The van der Waals surface area contributed by atoms with Crippen molar-refractivity contribution >= 4 is 5.70 Å². The summed E-state index contributed by atoms with van der Waals surface area (Å²) in [6.07, 6.45) is 3.34. The van der Waals surface area contributed by atoms with Crippen LogP contribution in [0.1, 0.15) is 25.3 Å². The maximum Gasteiger partial charge on any atom is 0.272 e. The van der Waals surface area contributed by atoms with Gasteiger partial charge in [-0.1, -0.05) is 31.5 Å². The molecular formula is C11H13NO2. The van der Waals surface area contributed by atoms with Crippen LogP contribution in [0.25, 0.3) is 5.70 Å². The van der Waals surface area contributed by atoms with E-state index in [1.807, 2.05) is 13.0 Å². The zero-order chi connectivity index (χ0) is 10.4. The van der Waals surface area contributed by atoms with E-state index in [1.165, 1.54) is 0 Å². The number of rotatable bonds is 4. The van der Waals surface area contributed by atoms with Gasteiger partial charge >= 0.3 is 0 Å². The number of benzene rings is 1. The normalized spacial score (nSPS) is 11.4. The van der Waals surface area contributed by atoms with Crippen LogP contribution in [0.4, 0.5) is 0 Å². The largest absolute Gasteiger partial charge is 0.272 e. The molecule has 1 rings (SSSR count). The van der Waals surface area contributed by atoms with E-state index in [4.69, 9.17) is 0 Å². The van der Waals surface area contributed by atoms with Crippen molar-refractivity contribution in [2.45, 2.75) is 19.8 Å². The van der Waals surface area contributed by atoms with Gasteiger partial charge in [-0.2, -0.15) is 0 Å². The van der Waals surface area contributed by atoms with Crippen molar-refractivity contribution in [1.82, 2.24) is 0 Å². The van der Waals surface area contributed by atoms with E-state index >= 15 is 0 Å². The molecule has 3 heteroatoms. The lowest BCUT2D eigenvalue weighted by Crippen LogP contribution is -1.97. The van der Waals surface area contributed by atoms with Crippen LogP contribution in [0.15, 0.2) is 36.4 Å². The summed E-state index contributed by atoms with van der Waals surface area (Å²) >= 11 is 0. The van der Waals surface area contributed by atoms with Crippen LogP contribution in [0.2, 0.25) is 0 Å². The molecule has 0 aliphatic carbocycles. The van der Waals surface area contributed by atoms with E-state index in [9.17, 15) is 10.1 Å². The van der Waals surface area contributed by atoms with Gasteiger partial charge in [0.25, 0.3) is 5.70 Å². The SMILES string of the molecule is CCC/C=C(\c1ccccc1)[N+](=O)[O-]. The number of nitrogens with zero attached hydrogens (tertiary/aromatic N) is 1. The summed E-state index contributed by atoms with van der Waals surface area (Å²) in [6, 6.07) is 8.96. The summed E-state index contributed by atoms with van der Waals surface area (Å²) in [5.74, 6) is 0. The molecule has 74 valence electrons. The lowest BCUT2D eigenvalue weighted by molar-refractivity contribution is -0.375. The summed E-state index contributed by atoms with van der Waals surface area (Å²) in [5.41, 5.74) is 0.874. The van der Waals surface area contributed by atoms with Gasteiger partial charge < -0.3 is 0 Å². The summed E-state index contributed by atoms with van der Waals surface area (Å²) in [7, 11) is 0. The first-order chi connectivity index (χ1) is 6.75. The highest BCUT2D eigenvalue weighted by Crippen LogP contribution is 2.15. The molecule has 0 atom stereocenters. The minimum Gasteiger partial charge on any atom is -0.258 e. The maximum atomic E-state index is 10.7. The van der Waals surface area contributed by atoms with Gasteiger partial charge in [0.1, 0.15) is 0 Å². The van der Waals surface area contributed by atoms with Crippen molar-refractivity contribution < 1.29 is 4.92 Å². The second-order valence-electron chi connectivity index (χ2n) is 3.00. The number of hydrogen-bond acceptors (Lipinski definition) is 2. The third-order valence-corrected chi connectivity index (χ3v) is 1.89. The van der Waals surface area contributed by atoms with Crippen LogP contribution in [0.3, 0.4) is 0 Å². The number of hydrogen-bond donors (Lipinski definition) is 0. The quantitative estimate of drug-likeness (QED) is 0.542. The Kier molecular flexibility index (Phi) is 3.85. The molecule has 0 heterocycles. The van der Waals surface area contributed by atoms with Gasteiger partial charge in [-0.05, 0) is 24.6 Å².